The van der Waals surface area contributed by atoms with Crippen molar-refractivity contribution >= 4 is 28.9 Å². The van der Waals surface area contributed by atoms with E-state index in [-0.39, 0.29) is 28.9 Å². The number of hydrogen-bond donors (Lipinski definition) is 3. The SMILES string of the molecule is NC(=O)c1ccc(NC(=S)NCc2cc(C(F)(F)F)cc(C(F)(F)F)c2)cc1. The van der Waals surface area contributed by atoms with E-state index < -0.39 is 29.4 Å². The molecule has 0 radical (unpaired) electrons. The maximum atomic E-state index is 12.9. The van der Waals surface area contributed by atoms with Crippen molar-refractivity contribution in [2.75, 3.05) is 5.32 Å². The van der Waals surface area contributed by atoms with Crippen molar-refractivity contribution in [2.24, 2.45) is 5.73 Å². The van der Waals surface area contributed by atoms with Crippen LogP contribution in [0.4, 0.5) is 32.0 Å². The first-order valence-electron chi connectivity index (χ1n) is 7.59. The quantitative estimate of drug-likeness (QED) is 0.509. The van der Waals surface area contributed by atoms with Crippen molar-refractivity contribution in [2.45, 2.75) is 18.9 Å². The Morgan fingerprint density at radius 1 is 0.929 bits per heavy atom. The summed E-state index contributed by atoms with van der Waals surface area (Å²) in [7, 11) is 0. The minimum absolute atomic E-state index is 0.0298. The van der Waals surface area contributed by atoms with E-state index in [1.807, 2.05) is 0 Å². The average molecular weight is 421 g/mol. The fourth-order valence-electron chi connectivity index (χ4n) is 2.20. The molecule has 0 aliphatic carbocycles. The molecule has 0 saturated carbocycles. The zero-order chi connectivity index (χ0) is 21.1. The minimum atomic E-state index is -4.92. The van der Waals surface area contributed by atoms with Crippen molar-refractivity contribution in [3.63, 3.8) is 0 Å². The molecule has 0 unspecified atom stereocenters. The first kappa shape index (κ1) is 21.5. The fraction of sp³-hybridized carbons (Fsp3) is 0.176. The largest absolute Gasteiger partial charge is 0.416 e. The third-order valence-electron chi connectivity index (χ3n) is 3.53. The van der Waals surface area contributed by atoms with E-state index in [0.29, 0.717) is 17.8 Å². The molecule has 0 atom stereocenters. The number of halogens is 6. The van der Waals surface area contributed by atoms with Gasteiger partial charge in [-0.15, -0.1) is 0 Å². The number of hydrogen-bond acceptors (Lipinski definition) is 2. The number of anilines is 1. The molecule has 0 bridgehead atoms. The van der Waals surface area contributed by atoms with E-state index in [0.717, 1.165) is 0 Å². The van der Waals surface area contributed by atoms with E-state index in [1.165, 1.54) is 24.3 Å². The third-order valence-corrected chi connectivity index (χ3v) is 3.77. The van der Waals surface area contributed by atoms with E-state index in [9.17, 15) is 31.1 Å². The van der Waals surface area contributed by atoms with Gasteiger partial charge in [0.1, 0.15) is 0 Å². The Balaban J connectivity index is 2.10. The van der Waals surface area contributed by atoms with E-state index in [4.69, 9.17) is 18.0 Å². The van der Waals surface area contributed by atoms with Gasteiger partial charge in [0, 0.05) is 17.8 Å². The number of carbonyl (C=O) groups is 1. The van der Waals surface area contributed by atoms with Gasteiger partial charge in [0.2, 0.25) is 5.91 Å². The monoisotopic (exact) mass is 421 g/mol. The molecule has 2 aromatic rings. The predicted molar refractivity (Wildman–Crippen MR) is 94.5 cm³/mol. The summed E-state index contributed by atoms with van der Waals surface area (Å²) >= 11 is 4.97. The molecule has 4 N–H and O–H groups in total. The average Bonchev–Trinajstić information content (AvgIpc) is 2.58. The van der Waals surface area contributed by atoms with Gasteiger partial charge in [-0.25, -0.2) is 0 Å². The lowest BCUT2D eigenvalue weighted by Crippen LogP contribution is -2.28. The number of alkyl halides is 6. The Labute approximate surface area is 160 Å². The van der Waals surface area contributed by atoms with Crippen LogP contribution in [0.15, 0.2) is 42.5 Å². The van der Waals surface area contributed by atoms with E-state index in [1.54, 1.807) is 0 Å². The molecule has 2 rings (SSSR count). The lowest BCUT2D eigenvalue weighted by Gasteiger charge is -2.15. The standard InChI is InChI=1S/C17H13F6N3OS/c18-16(19,20)11-5-9(6-12(7-11)17(21,22)23)8-25-15(28)26-13-3-1-10(2-4-13)14(24)27/h1-7H,8H2,(H2,24,27)(H2,25,26,28). The van der Waals surface area contributed by atoms with Crippen LogP contribution in [0, 0.1) is 0 Å². The van der Waals surface area contributed by atoms with Crippen LogP contribution in [0.1, 0.15) is 27.0 Å². The molecular weight excluding hydrogens is 408 g/mol. The van der Waals surface area contributed by atoms with E-state index >= 15 is 0 Å². The number of amides is 1. The van der Waals surface area contributed by atoms with Gasteiger partial charge in [-0.2, -0.15) is 26.3 Å². The number of thiocarbonyl (C=S) groups is 1. The van der Waals surface area contributed by atoms with Crippen LogP contribution < -0.4 is 16.4 Å². The maximum absolute atomic E-state index is 12.9. The summed E-state index contributed by atoms with van der Waals surface area (Å²) in [5, 5.41) is 5.20. The summed E-state index contributed by atoms with van der Waals surface area (Å²) < 4.78 is 77.1. The number of carbonyl (C=O) groups excluding carboxylic acids is 1. The van der Waals surface area contributed by atoms with Crippen molar-refractivity contribution in [3.8, 4) is 0 Å². The van der Waals surface area contributed by atoms with Gasteiger partial charge in [0.15, 0.2) is 5.11 Å². The van der Waals surface area contributed by atoms with Crippen LogP contribution in [0.2, 0.25) is 0 Å². The Hall–Kier alpha value is -2.82. The van der Waals surface area contributed by atoms with Gasteiger partial charge in [-0.05, 0) is 60.2 Å². The van der Waals surface area contributed by atoms with Crippen LogP contribution in [-0.4, -0.2) is 11.0 Å². The Bertz CT molecular complexity index is 846. The molecule has 1 amide bonds. The van der Waals surface area contributed by atoms with E-state index in [2.05, 4.69) is 10.6 Å². The van der Waals surface area contributed by atoms with Gasteiger partial charge in [-0.3, -0.25) is 4.79 Å². The molecule has 150 valence electrons. The van der Waals surface area contributed by atoms with Crippen LogP contribution in [-0.2, 0) is 18.9 Å². The van der Waals surface area contributed by atoms with Crippen molar-refractivity contribution in [1.29, 1.82) is 0 Å². The van der Waals surface area contributed by atoms with Gasteiger partial charge >= 0.3 is 12.4 Å². The second-order valence-electron chi connectivity index (χ2n) is 5.66. The molecule has 0 spiro atoms. The van der Waals surface area contributed by atoms with Gasteiger partial charge < -0.3 is 16.4 Å². The summed E-state index contributed by atoms with van der Waals surface area (Å²) in [5.41, 5.74) is 2.76. The summed E-state index contributed by atoms with van der Waals surface area (Å²) in [5.74, 6) is -0.628. The van der Waals surface area contributed by atoms with Gasteiger partial charge in [-0.1, -0.05) is 0 Å². The fourth-order valence-corrected chi connectivity index (χ4v) is 2.39. The second-order valence-corrected chi connectivity index (χ2v) is 6.07. The molecule has 11 heteroatoms. The maximum Gasteiger partial charge on any atom is 0.416 e. The topological polar surface area (TPSA) is 67.2 Å². The molecule has 0 aliphatic rings. The molecule has 0 heterocycles. The van der Waals surface area contributed by atoms with Gasteiger partial charge in [0.05, 0.1) is 11.1 Å². The number of rotatable bonds is 4. The molecule has 0 fully saturated rings. The van der Waals surface area contributed by atoms with Crippen molar-refractivity contribution in [1.82, 2.24) is 5.32 Å². The third kappa shape index (κ3) is 5.84. The summed E-state index contributed by atoms with van der Waals surface area (Å²) in [6.45, 7) is -0.363. The van der Waals surface area contributed by atoms with Crippen LogP contribution in [0.5, 0.6) is 0 Å². The normalized spacial score (nSPS) is 11.8. The Morgan fingerprint density at radius 2 is 1.43 bits per heavy atom. The highest BCUT2D eigenvalue weighted by molar-refractivity contribution is 7.80. The number of benzene rings is 2. The second kappa shape index (κ2) is 8.05. The van der Waals surface area contributed by atoms with Gasteiger partial charge in [0.25, 0.3) is 0 Å². The number of nitrogens with one attached hydrogen (secondary N) is 2. The first-order valence-corrected chi connectivity index (χ1v) is 8.00. The van der Waals surface area contributed by atoms with Crippen molar-refractivity contribution < 1.29 is 31.1 Å². The zero-order valence-electron chi connectivity index (χ0n) is 13.9. The predicted octanol–water partition coefficient (Wildman–Crippen LogP) is 4.31. The highest BCUT2D eigenvalue weighted by atomic mass is 32.1. The molecular formula is C17H13F6N3OS. The Morgan fingerprint density at radius 3 is 1.86 bits per heavy atom. The molecule has 0 aromatic heterocycles. The van der Waals surface area contributed by atoms with Crippen LogP contribution in [0.3, 0.4) is 0 Å². The summed E-state index contributed by atoms with van der Waals surface area (Å²) in [6.07, 6.45) is -9.84. The lowest BCUT2D eigenvalue weighted by molar-refractivity contribution is -0.143. The minimum Gasteiger partial charge on any atom is -0.366 e. The highest BCUT2D eigenvalue weighted by Gasteiger charge is 2.36. The molecule has 4 nitrogen and oxygen atoms in total. The molecule has 0 saturated heterocycles. The van der Waals surface area contributed by atoms with Crippen LogP contribution >= 0.6 is 12.2 Å². The van der Waals surface area contributed by atoms with Crippen LogP contribution in [0.25, 0.3) is 0 Å². The zero-order valence-corrected chi connectivity index (χ0v) is 14.7. The molecule has 0 aliphatic heterocycles. The molecule has 28 heavy (non-hydrogen) atoms. The Kier molecular flexibility index (Phi) is 6.17. The highest BCUT2D eigenvalue weighted by Crippen LogP contribution is 2.36. The summed E-state index contributed by atoms with van der Waals surface area (Å²) in [4.78, 5) is 11.0. The smallest absolute Gasteiger partial charge is 0.366 e. The lowest BCUT2D eigenvalue weighted by atomic mass is 10.0. The first-order chi connectivity index (χ1) is 12.9. The van der Waals surface area contributed by atoms with Crippen molar-refractivity contribution in [3.05, 3.63) is 64.7 Å². The summed E-state index contributed by atoms with van der Waals surface area (Å²) in [6, 6.07) is 7.12. The number of nitrogens with two attached hydrogens (primary N) is 1. The molecule has 2 aromatic carbocycles. The number of primary amides is 1.